The monoisotopic (exact) mass is 195 g/mol. The third kappa shape index (κ3) is 1.53. The molecule has 2 heterocycles. The molecule has 2 rings (SSSR count). The lowest BCUT2D eigenvalue weighted by Crippen LogP contribution is -2.04. The van der Waals surface area contributed by atoms with Gasteiger partial charge in [-0.1, -0.05) is 11.6 Å². The Morgan fingerprint density at radius 3 is 3.15 bits per heavy atom. The first-order valence-corrected chi connectivity index (χ1v) is 4.50. The Balaban J connectivity index is 2.55. The van der Waals surface area contributed by atoms with E-state index in [1.807, 2.05) is 28.9 Å². The Morgan fingerprint density at radius 1 is 1.54 bits per heavy atom. The molecule has 0 radical (unpaired) electrons. The molecule has 3 nitrogen and oxygen atoms in total. The summed E-state index contributed by atoms with van der Waals surface area (Å²) in [5.41, 5.74) is 7.46. The maximum absolute atomic E-state index is 5.83. The van der Waals surface area contributed by atoms with Crippen LogP contribution < -0.4 is 5.73 Å². The minimum Gasteiger partial charge on any atom is -0.330 e. The van der Waals surface area contributed by atoms with E-state index >= 15 is 0 Å². The van der Waals surface area contributed by atoms with Gasteiger partial charge in [-0.05, 0) is 18.7 Å². The van der Waals surface area contributed by atoms with Crippen LogP contribution in [0, 0.1) is 0 Å². The van der Waals surface area contributed by atoms with Crippen LogP contribution in [-0.4, -0.2) is 15.9 Å². The number of hydrogen-bond acceptors (Lipinski definition) is 2. The first-order chi connectivity index (χ1) is 6.31. The molecule has 0 aliphatic rings. The summed E-state index contributed by atoms with van der Waals surface area (Å²) in [6, 6.07) is 3.68. The quantitative estimate of drug-likeness (QED) is 0.789. The molecular formula is C9H10ClN3. The Bertz CT molecular complexity index is 422. The fraction of sp³-hybridized carbons (Fsp3) is 0.222. The first-order valence-electron chi connectivity index (χ1n) is 4.13. The highest BCUT2D eigenvalue weighted by molar-refractivity contribution is 6.30. The zero-order valence-electron chi connectivity index (χ0n) is 7.07. The molecular weight excluding hydrogens is 186 g/mol. The van der Waals surface area contributed by atoms with E-state index in [-0.39, 0.29) is 0 Å². The summed E-state index contributed by atoms with van der Waals surface area (Å²) in [6.45, 7) is 0.635. The maximum Gasteiger partial charge on any atom is 0.138 e. The molecule has 0 aliphatic carbocycles. The summed E-state index contributed by atoms with van der Waals surface area (Å²) >= 11 is 5.83. The predicted molar refractivity (Wildman–Crippen MR) is 53.0 cm³/mol. The Labute approximate surface area is 81.1 Å². The molecule has 0 spiro atoms. The van der Waals surface area contributed by atoms with E-state index in [0.29, 0.717) is 11.6 Å². The van der Waals surface area contributed by atoms with Gasteiger partial charge in [-0.3, -0.25) is 0 Å². The van der Waals surface area contributed by atoms with E-state index < -0.39 is 0 Å². The van der Waals surface area contributed by atoms with Crippen LogP contribution in [0.3, 0.4) is 0 Å². The summed E-state index contributed by atoms with van der Waals surface area (Å²) in [5.74, 6) is 0. The summed E-state index contributed by atoms with van der Waals surface area (Å²) in [6.07, 6.45) is 4.58. The SMILES string of the molecule is NCCc1cnc2cc(Cl)ccn12. The van der Waals surface area contributed by atoms with Gasteiger partial charge in [-0.2, -0.15) is 0 Å². The van der Waals surface area contributed by atoms with E-state index in [4.69, 9.17) is 17.3 Å². The topological polar surface area (TPSA) is 43.3 Å². The van der Waals surface area contributed by atoms with Crippen LogP contribution in [0.2, 0.25) is 5.02 Å². The molecule has 4 heteroatoms. The van der Waals surface area contributed by atoms with Gasteiger partial charge in [-0.25, -0.2) is 4.98 Å². The first kappa shape index (κ1) is 8.53. The number of imidazole rings is 1. The van der Waals surface area contributed by atoms with E-state index in [2.05, 4.69) is 4.98 Å². The molecule has 2 N–H and O–H groups in total. The van der Waals surface area contributed by atoms with Gasteiger partial charge in [0, 0.05) is 29.5 Å². The summed E-state index contributed by atoms with van der Waals surface area (Å²) in [7, 11) is 0. The van der Waals surface area contributed by atoms with Crippen molar-refractivity contribution >= 4 is 17.2 Å². The van der Waals surface area contributed by atoms with Gasteiger partial charge in [0.15, 0.2) is 0 Å². The van der Waals surface area contributed by atoms with Gasteiger partial charge in [0.1, 0.15) is 5.65 Å². The van der Waals surface area contributed by atoms with E-state index in [9.17, 15) is 0 Å². The molecule has 0 unspecified atom stereocenters. The Kier molecular flexibility index (Phi) is 2.20. The van der Waals surface area contributed by atoms with Crippen molar-refractivity contribution in [1.29, 1.82) is 0 Å². The molecule has 0 saturated carbocycles. The number of fused-ring (bicyclic) bond motifs is 1. The van der Waals surface area contributed by atoms with Crippen molar-refractivity contribution in [2.24, 2.45) is 5.73 Å². The zero-order valence-corrected chi connectivity index (χ0v) is 7.83. The zero-order chi connectivity index (χ0) is 9.26. The van der Waals surface area contributed by atoms with Crippen LogP contribution in [0.15, 0.2) is 24.5 Å². The van der Waals surface area contributed by atoms with Crippen LogP contribution in [0.25, 0.3) is 5.65 Å². The van der Waals surface area contributed by atoms with Gasteiger partial charge in [0.2, 0.25) is 0 Å². The average Bonchev–Trinajstić information content (AvgIpc) is 2.49. The standard InChI is InChI=1S/C9H10ClN3/c10-7-2-4-13-8(1-3-11)6-12-9(13)5-7/h2,4-6H,1,3,11H2. The molecule has 0 amide bonds. The van der Waals surface area contributed by atoms with Gasteiger partial charge < -0.3 is 10.1 Å². The van der Waals surface area contributed by atoms with Crippen molar-refractivity contribution in [2.75, 3.05) is 6.54 Å². The minimum absolute atomic E-state index is 0.635. The van der Waals surface area contributed by atoms with Crippen molar-refractivity contribution in [3.05, 3.63) is 35.2 Å². The number of hydrogen-bond donors (Lipinski definition) is 1. The van der Waals surface area contributed by atoms with Gasteiger partial charge in [-0.15, -0.1) is 0 Å². The van der Waals surface area contributed by atoms with E-state index in [1.54, 1.807) is 0 Å². The normalized spacial score (nSPS) is 10.9. The smallest absolute Gasteiger partial charge is 0.138 e. The molecule has 2 aromatic heterocycles. The second-order valence-electron chi connectivity index (χ2n) is 2.86. The van der Waals surface area contributed by atoms with Crippen molar-refractivity contribution in [2.45, 2.75) is 6.42 Å². The van der Waals surface area contributed by atoms with E-state index in [1.165, 1.54) is 0 Å². The highest BCUT2D eigenvalue weighted by Crippen LogP contribution is 2.13. The number of nitrogens with two attached hydrogens (primary N) is 1. The Morgan fingerprint density at radius 2 is 2.38 bits per heavy atom. The molecule has 13 heavy (non-hydrogen) atoms. The minimum atomic E-state index is 0.635. The number of halogens is 1. The lowest BCUT2D eigenvalue weighted by atomic mass is 10.3. The maximum atomic E-state index is 5.83. The molecule has 0 aromatic carbocycles. The molecule has 68 valence electrons. The molecule has 0 bridgehead atoms. The summed E-state index contributed by atoms with van der Waals surface area (Å²) in [5, 5.41) is 0.706. The van der Waals surface area contributed by atoms with Crippen molar-refractivity contribution in [3.8, 4) is 0 Å². The number of nitrogens with zero attached hydrogens (tertiary/aromatic N) is 2. The van der Waals surface area contributed by atoms with Gasteiger partial charge >= 0.3 is 0 Å². The fourth-order valence-electron chi connectivity index (χ4n) is 1.34. The molecule has 0 atom stereocenters. The van der Waals surface area contributed by atoms with Crippen molar-refractivity contribution in [1.82, 2.24) is 9.38 Å². The third-order valence-corrected chi connectivity index (χ3v) is 2.19. The molecule has 2 aromatic rings. The molecule has 0 fully saturated rings. The lowest BCUT2D eigenvalue weighted by Gasteiger charge is -1.98. The second kappa shape index (κ2) is 3.36. The van der Waals surface area contributed by atoms with Gasteiger partial charge in [0.05, 0.1) is 0 Å². The van der Waals surface area contributed by atoms with Crippen LogP contribution in [0.5, 0.6) is 0 Å². The number of rotatable bonds is 2. The van der Waals surface area contributed by atoms with Crippen LogP contribution in [0.1, 0.15) is 5.69 Å². The molecule has 0 aliphatic heterocycles. The largest absolute Gasteiger partial charge is 0.330 e. The van der Waals surface area contributed by atoms with Gasteiger partial charge in [0.25, 0.3) is 0 Å². The van der Waals surface area contributed by atoms with Crippen LogP contribution >= 0.6 is 11.6 Å². The Hall–Kier alpha value is -1.06. The van der Waals surface area contributed by atoms with Crippen molar-refractivity contribution in [3.63, 3.8) is 0 Å². The van der Waals surface area contributed by atoms with Crippen LogP contribution in [-0.2, 0) is 6.42 Å². The second-order valence-corrected chi connectivity index (χ2v) is 3.30. The molecule has 0 saturated heterocycles. The third-order valence-electron chi connectivity index (χ3n) is 1.95. The average molecular weight is 196 g/mol. The van der Waals surface area contributed by atoms with Crippen molar-refractivity contribution < 1.29 is 0 Å². The highest BCUT2D eigenvalue weighted by atomic mass is 35.5. The summed E-state index contributed by atoms with van der Waals surface area (Å²) in [4.78, 5) is 4.22. The number of aromatic nitrogens is 2. The highest BCUT2D eigenvalue weighted by Gasteiger charge is 2.01. The summed E-state index contributed by atoms with van der Waals surface area (Å²) < 4.78 is 2.00. The lowest BCUT2D eigenvalue weighted by molar-refractivity contribution is 0.905. The number of pyridine rings is 1. The fourth-order valence-corrected chi connectivity index (χ4v) is 1.50. The predicted octanol–water partition coefficient (Wildman–Crippen LogP) is 1.49. The van der Waals surface area contributed by atoms with E-state index in [0.717, 1.165) is 17.8 Å². The van der Waals surface area contributed by atoms with Crippen LogP contribution in [0.4, 0.5) is 0 Å².